The Morgan fingerprint density at radius 2 is 1.98 bits per heavy atom. The van der Waals surface area contributed by atoms with Gasteiger partial charge in [-0.05, 0) is 94.8 Å². The number of aliphatic hydroxyl groups is 3. The first-order valence-corrected chi connectivity index (χ1v) is 18.9. The summed E-state index contributed by atoms with van der Waals surface area (Å²) in [5, 5.41) is 38.0. The average molecular weight is 723 g/mol. The number of amides is 1. The van der Waals surface area contributed by atoms with Crippen LogP contribution in [0.3, 0.4) is 0 Å². The molecule has 1 amide bonds. The van der Waals surface area contributed by atoms with Gasteiger partial charge in [0.15, 0.2) is 5.78 Å². The number of hydrogen-bond donors (Lipinski definition) is 5. The Hall–Kier alpha value is -4.04. The third kappa shape index (κ3) is 7.41. The molecular formula is C44H54N2O7. The van der Waals surface area contributed by atoms with Gasteiger partial charge in [-0.3, -0.25) is 4.79 Å². The number of para-hydroxylation sites is 1. The number of allylic oxidation sites excluding steroid dienone is 9. The molecule has 1 aromatic carbocycles. The second kappa shape index (κ2) is 15.7. The van der Waals surface area contributed by atoms with Crippen molar-refractivity contribution in [3.63, 3.8) is 0 Å². The summed E-state index contributed by atoms with van der Waals surface area (Å²) in [5.74, 6) is 6.12. The molecule has 282 valence electrons. The highest BCUT2D eigenvalue weighted by Crippen LogP contribution is 2.67. The van der Waals surface area contributed by atoms with Crippen LogP contribution in [0.4, 0.5) is 4.79 Å². The lowest BCUT2D eigenvalue weighted by Crippen LogP contribution is -2.61. The topological polar surface area (TPSA) is 151 Å². The van der Waals surface area contributed by atoms with E-state index in [1.54, 1.807) is 18.2 Å². The van der Waals surface area contributed by atoms with Crippen LogP contribution in [0.5, 0.6) is 5.75 Å². The number of rotatable bonds is 6. The molecule has 9 heteroatoms. The summed E-state index contributed by atoms with van der Waals surface area (Å²) >= 11 is 0. The van der Waals surface area contributed by atoms with E-state index in [0.29, 0.717) is 67.4 Å². The summed E-state index contributed by atoms with van der Waals surface area (Å²) in [5.41, 5.74) is 9.79. The van der Waals surface area contributed by atoms with Gasteiger partial charge in [0, 0.05) is 41.4 Å². The molecule has 0 aromatic heterocycles. The van der Waals surface area contributed by atoms with E-state index in [1.165, 1.54) is 5.57 Å². The number of carbonyl (C=O) groups is 2. The quantitative estimate of drug-likeness (QED) is 0.129. The van der Waals surface area contributed by atoms with Crippen LogP contribution in [0.2, 0.25) is 0 Å². The zero-order valence-electron chi connectivity index (χ0n) is 31.3. The zero-order valence-corrected chi connectivity index (χ0v) is 31.3. The number of nitrogens with two attached hydrogens (primary N) is 1. The zero-order chi connectivity index (χ0) is 38.0. The normalized spacial score (nSPS) is 34.5. The van der Waals surface area contributed by atoms with E-state index in [-0.39, 0.29) is 37.9 Å². The highest BCUT2D eigenvalue weighted by Gasteiger charge is 2.68. The van der Waals surface area contributed by atoms with Crippen molar-refractivity contribution < 1.29 is 34.4 Å². The van der Waals surface area contributed by atoms with Gasteiger partial charge in [0.25, 0.3) is 0 Å². The number of aliphatic hydroxyl groups excluding tert-OH is 2. The predicted molar refractivity (Wildman–Crippen MR) is 204 cm³/mol. The molecule has 0 unspecified atom stereocenters. The average Bonchev–Trinajstić information content (AvgIpc) is 3.40. The van der Waals surface area contributed by atoms with E-state index in [1.807, 2.05) is 13.8 Å². The van der Waals surface area contributed by atoms with Gasteiger partial charge in [-0.1, -0.05) is 83.7 Å². The molecule has 2 saturated carbocycles. The molecule has 6 N–H and O–H groups in total. The molecular weight excluding hydrogens is 668 g/mol. The summed E-state index contributed by atoms with van der Waals surface area (Å²) in [6.45, 7) is 10.5. The summed E-state index contributed by atoms with van der Waals surface area (Å²) in [4.78, 5) is 26.4. The summed E-state index contributed by atoms with van der Waals surface area (Å²) in [7, 11) is 0. The van der Waals surface area contributed by atoms with Gasteiger partial charge in [-0.15, -0.1) is 0 Å². The summed E-state index contributed by atoms with van der Waals surface area (Å²) < 4.78 is 11.7. The Balaban J connectivity index is 1.37. The summed E-state index contributed by atoms with van der Waals surface area (Å²) in [6.07, 6.45) is 13.4. The summed E-state index contributed by atoms with van der Waals surface area (Å²) in [6, 6.07) is 5.32. The monoisotopic (exact) mass is 722 g/mol. The number of ketones is 1. The van der Waals surface area contributed by atoms with Crippen LogP contribution in [0.25, 0.3) is 0 Å². The molecule has 5 aliphatic rings. The first-order valence-electron chi connectivity index (χ1n) is 18.9. The van der Waals surface area contributed by atoms with Crippen LogP contribution in [-0.4, -0.2) is 58.7 Å². The van der Waals surface area contributed by atoms with E-state index in [4.69, 9.17) is 15.2 Å². The Kier molecular flexibility index (Phi) is 11.5. The fourth-order valence-corrected chi connectivity index (χ4v) is 9.51. The fourth-order valence-electron chi connectivity index (χ4n) is 9.51. The third-order valence-corrected chi connectivity index (χ3v) is 12.5. The minimum Gasteiger partial charge on any atom is -0.410 e. The maximum atomic E-state index is 14.2. The molecule has 3 aliphatic carbocycles. The number of benzene rings is 1. The molecule has 6 atom stereocenters. The smallest absolute Gasteiger partial charge is 0.410 e. The molecule has 9 nitrogen and oxygen atoms in total. The van der Waals surface area contributed by atoms with Gasteiger partial charge in [0.1, 0.15) is 18.5 Å². The molecule has 0 saturated heterocycles. The minimum absolute atomic E-state index is 0.00694. The van der Waals surface area contributed by atoms with Gasteiger partial charge < -0.3 is 35.8 Å². The molecule has 2 bridgehead atoms. The second-order valence-electron chi connectivity index (χ2n) is 15.7. The fraction of sp³-hybridized carbons (Fsp3) is 0.500. The highest BCUT2D eigenvalue weighted by molar-refractivity contribution is 5.97. The molecule has 53 heavy (non-hydrogen) atoms. The predicted octanol–water partition coefficient (Wildman–Crippen LogP) is 6.36. The third-order valence-electron chi connectivity index (χ3n) is 12.5. The maximum absolute atomic E-state index is 14.2. The molecule has 2 heterocycles. The first kappa shape index (κ1) is 38.7. The van der Waals surface area contributed by atoms with Crippen molar-refractivity contribution in [1.82, 2.24) is 5.32 Å². The molecule has 6 rings (SSSR count). The van der Waals surface area contributed by atoms with E-state index in [0.717, 1.165) is 35.1 Å². The number of fused-ring (bicyclic) bond motifs is 3. The number of carbonyl (C=O) groups excluding carboxylic acids is 2. The van der Waals surface area contributed by atoms with E-state index < -0.39 is 34.8 Å². The molecule has 2 spiro atoms. The number of nitrogens with one attached hydrogen (secondary N) is 1. The lowest BCUT2D eigenvalue weighted by molar-refractivity contribution is -0.173. The van der Waals surface area contributed by atoms with Crippen LogP contribution in [0.15, 0.2) is 88.6 Å². The Labute approximate surface area is 313 Å². The van der Waals surface area contributed by atoms with Crippen molar-refractivity contribution in [3.05, 3.63) is 99.7 Å². The van der Waals surface area contributed by atoms with Crippen molar-refractivity contribution in [1.29, 1.82) is 0 Å². The van der Waals surface area contributed by atoms with Crippen molar-refractivity contribution in [3.8, 4) is 17.6 Å². The lowest BCUT2D eigenvalue weighted by Gasteiger charge is -2.56. The van der Waals surface area contributed by atoms with E-state index in [2.05, 4.69) is 61.0 Å². The van der Waals surface area contributed by atoms with Crippen LogP contribution >= 0.6 is 0 Å². The van der Waals surface area contributed by atoms with Crippen LogP contribution < -0.4 is 15.8 Å². The van der Waals surface area contributed by atoms with Gasteiger partial charge in [0.05, 0.1) is 18.3 Å². The van der Waals surface area contributed by atoms with Crippen molar-refractivity contribution in [2.24, 2.45) is 22.5 Å². The van der Waals surface area contributed by atoms with Crippen LogP contribution in [0, 0.1) is 28.6 Å². The van der Waals surface area contributed by atoms with Crippen LogP contribution in [-0.2, 0) is 16.0 Å². The first-order chi connectivity index (χ1) is 25.3. The van der Waals surface area contributed by atoms with Crippen molar-refractivity contribution in [2.45, 2.75) is 103 Å². The highest BCUT2D eigenvalue weighted by atomic mass is 16.6. The number of hydrogen-bond acceptors (Lipinski definition) is 8. The largest absolute Gasteiger partial charge is 0.414 e. The molecule has 1 aromatic rings. The van der Waals surface area contributed by atoms with Gasteiger partial charge in [0.2, 0.25) is 0 Å². The van der Waals surface area contributed by atoms with E-state index in [9.17, 15) is 24.9 Å². The SMILES string of the molecule is C=C1/C=C2\C=C[C@@]3(CC[C@@]4([C@H](CCCO)/C(=C(\C)C(=O)Cc5cccc6c5OC(=O)N[C@@H]6N)CC[C@@]4(C)O)[C@@H]3O)C(=C2)COCC#CC/C(C)=C/CC1. The number of ether oxygens (including phenoxy) is 2. The standard InChI is InChI=1S/C44H54N2O7/c1-28-10-5-6-23-52-27-33-25-31(24-29(2)12-7-11-28)16-19-43(33)20-21-44(40(43)49)36(15-9-22-47)34(17-18-42(44,4)51)30(3)37(48)26-32-13-8-14-35-38(32)53-41(50)46-39(35)45/h8,11,13-14,16,19,24-25,36,39-40,47,49,51H,2,7,9-10,12,15,17-18,20-23,26-27,45H2,1,3-4H3,(H,46,50)/b28-11+,31-24+,34-30+/t36-,39+,40-,42-,43-,44-/m1/s1. The Morgan fingerprint density at radius 1 is 1.17 bits per heavy atom. The molecule has 2 fully saturated rings. The van der Waals surface area contributed by atoms with Crippen molar-refractivity contribution >= 4 is 11.9 Å². The lowest BCUT2D eigenvalue weighted by atomic mass is 9.51. The van der Waals surface area contributed by atoms with E-state index >= 15 is 0 Å². The Morgan fingerprint density at radius 3 is 2.77 bits per heavy atom. The van der Waals surface area contributed by atoms with Gasteiger partial charge >= 0.3 is 6.09 Å². The molecule has 2 aliphatic heterocycles. The van der Waals surface area contributed by atoms with Crippen molar-refractivity contribution in [2.75, 3.05) is 19.8 Å². The maximum Gasteiger partial charge on any atom is 0.414 e. The second-order valence-corrected chi connectivity index (χ2v) is 15.7. The minimum atomic E-state index is -1.27. The van der Waals surface area contributed by atoms with Crippen LogP contribution in [0.1, 0.15) is 95.9 Å². The number of Topliss-reactive ketones (excluding diaryl/α,β-unsaturated/α-hetero) is 1. The molecule has 0 radical (unpaired) electrons. The van der Waals surface area contributed by atoms with Gasteiger partial charge in [-0.25, -0.2) is 4.79 Å². The Bertz CT molecular complexity index is 1870. The van der Waals surface area contributed by atoms with Gasteiger partial charge in [-0.2, -0.15) is 0 Å².